The number of hydrogen-bond donors (Lipinski definition) is 0. The largest absolute Gasteiger partial charge is 0.366 e. The Labute approximate surface area is 201 Å². The second-order valence-corrected chi connectivity index (χ2v) is 8.20. The molecule has 1 aliphatic rings. The van der Waals surface area contributed by atoms with Crippen molar-refractivity contribution < 1.29 is 14.1 Å². The number of nitro benzene ring substituents is 1. The van der Waals surface area contributed by atoms with Crippen molar-refractivity contribution in [2.45, 2.75) is 0 Å². The zero-order chi connectivity index (χ0) is 24.4. The third kappa shape index (κ3) is 4.48. The quantitative estimate of drug-likeness (QED) is 0.315. The fourth-order valence-corrected chi connectivity index (χ4v) is 4.22. The first kappa shape index (κ1) is 22.3. The lowest BCUT2D eigenvalue weighted by Crippen LogP contribution is -2.49. The number of carbonyl (C=O) groups excluding carboxylic acids is 1. The van der Waals surface area contributed by atoms with E-state index in [1.807, 2.05) is 35.2 Å². The van der Waals surface area contributed by atoms with Crippen LogP contribution in [0.5, 0.6) is 0 Å². The Hall–Kier alpha value is -4.53. The van der Waals surface area contributed by atoms with E-state index in [0.29, 0.717) is 48.9 Å². The Kier molecular flexibility index (Phi) is 5.97. The predicted octanol–water partition coefficient (Wildman–Crippen LogP) is 4.55. The third-order valence-corrected chi connectivity index (χ3v) is 6.06. The number of piperazine rings is 1. The van der Waals surface area contributed by atoms with Crippen molar-refractivity contribution in [3.05, 3.63) is 107 Å². The van der Waals surface area contributed by atoms with Crippen molar-refractivity contribution in [1.29, 1.82) is 0 Å². The maximum absolute atomic E-state index is 14.2. The van der Waals surface area contributed by atoms with Gasteiger partial charge >= 0.3 is 0 Å². The average molecular weight is 471 g/mol. The molecule has 1 fully saturated rings. The Balaban J connectivity index is 1.44. The molecule has 0 bridgehead atoms. The fourth-order valence-electron chi connectivity index (χ4n) is 4.22. The molecule has 0 radical (unpaired) electrons. The lowest BCUT2D eigenvalue weighted by Gasteiger charge is -2.36. The molecule has 35 heavy (non-hydrogen) atoms. The molecule has 1 aliphatic heterocycles. The molecule has 0 N–H and O–H groups in total. The number of halogens is 1. The number of rotatable bonds is 5. The molecule has 2 heterocycles. The molecular formula is C26H22FN5O3. The molecule has 5 rings (SSSR count). The van der Waals surface area contributed by atoms with E-state index in [-0.39, 0.29) is 17.4 Å². The van der Waals surface area contributed by atoms with Gasteiger partial charge in [-0.25, -0.2) is 9.07 Å². The molecule has 1 amide bonds. The first-order chi connectivity index (χ1) is 17.0. The van der Waals surface area contributed by atoms with Gasteiger partial charge in [-0.15, -0.1) is 0 Å². The number of para-hydroxylation sites is 1. The number of nitro groups is 1. The molecular weight excluding hydrogens is 449 g/mol. The Morgan fingerprint density at radius 3 is 2.20 bits per heavy atom. The maximum atomic E-state index is 14.2. The van der Waals surface area contributed by atoms with Gasteiger partial charge in [-0.1, -0.05) is 42.5 Å². The topological polar surface area (TPSA) is 84.5 Å². The molecule has 0 unspecified atom stereocenters. The summed E-state index contributed by atoms with van der Waals surface area (Å²) in [5.41, 5.74) is 2.87. The van der Waals surface area contributed by atoms with Crippen LogP contribution in [0.25, 0.3) is 16.9 Å². The van der Waals surface area contributed by atoms with Crippen molar-refractivity contribution in [2.75, 3.05) is 31.1 Å². The number of benzene rings is 3. The number of aromatic nitrogens is 2. The van der Waals surface area contributed by atoms with Crippen LogP contribution in [0.15, 0.2) is 84.9 Å². The van der Waals surface area contributed by atoms with Crippen LogP contribution in [0.2, 0.25) is 0 Å². The molecule has 8 nitrogen and oxygen atoms in total. The number of anilines is 1. The van der Waals surface area contributed by atoms with Crippen molar-refractivity contribution in [3.8, 4) is 16.9 Å². The molecule has 0 atom stereocenters. The highest BCUT2D eigenvalue weighted by atomic mass is 19.1. The molecule has 1 aromatic heterocycles. The Morgan fingerprint density at radius 1 is 0.886 bits per heavy atom. The van der Waals surface area contributed by atoms with Gasteiger partial charge in [-0.2, -0.15) is 5.10 Å². The van der Waals surface area contributed by atoms with Crippen LogP contribution in [0.1, 0.15) is 10.5 Å². The summed E-state index contributed by atoms with van der Waals surface area (Å²) in [6.45, 7) is 1.87. The van der Waals surface area contributed by atoms with Crippen LogP contribution in [0, 0.1) is 15.9 Å². The first-order valence-electron chi connectivity index (χ1n) is 11.2. The Bertz CT molecular complexity index is 1360. The number of nitrogens with zero attached hydrogens (tertiary/aromatic N) is 5. The number of non-ortho nitro benzene ring substituents is 1. The van der Waals surface area contributed by atoms with Crippen LogP contribution < -0.4 is 4.90 Å². The van der Waals surface area contributed by atoms with E-state index in [1.54, 1.807) is 41.3 Å². The van der Waals surface area contributed by atoms with E-state index in [0.717, 1.165) is 5.56 Å². The van der Waals surface area contributed by atoms with Crippen molar-refractivity contribution in [3.63, 3.8) is 0 Å². The second kappa shape index (κ2) is 9.38. The van der Waals surface area contributed by atoms with Crippen molar-refractivity contribution in [1.82, 2.24) is 14.7 Å². The fraction of sp³-hybridized carbons (Fsp3) is 0.154. The minimum Gasteiger partial charge on any atom is -0.366 e. The second-order valence-electron chi connectivity index (χ2n) is 8.20. The average Bonchev–Trinajstić information content (AvgIpc) is 3.35. The van der Waals surface area contributed by atoms with E-state index in [1.165, 1.54) is 22.9 Å². The smallest absolute Gasteiger partial charge is 0.272 e. The molecule has 9 heteroatoms. The normalized spacial score (nSPS) is 13.6. The molecule has 0 aliphatic carbocycles. The summed E-state index contributed by atoms with van der Waals surface area (Å²) in [5.74, 6) is -0.484. The molecule has 4 aromatic rings. The Morgan fingerprint density at radius 2 is 1.54 bits per heavy atom. The maximum Gasteiger partial charge on any atom is 0.272 e. The summed E-state index contributed by atoms with van der Waals surface area (Å²) >= 11 is 0. The highest BCUT2D eigenvalue weighted by Gasteiger charge is 2.27. The highest BCUT2D eigenvalue weighted by molar-refractivity contribution is 5.94. The van der Waals surface area contributed by atoms with Gasteiger partial charge in [0.25, 0.3) is 11.6 Å². The molecule has 0 spiro atoms. The minimum atomic E-state index is -0.469. The number of hydrogen-bond acceptors (Lipinski definition) is 5. The van der Waals surface area contributed by atoms with Gasteiger partial charge in [0.2, 0.25) is 0 Å². The standard InChI is InChI=1S/C26H22FN5O3/c27-22-8-4-5-9-24(22)29-14-16-30(17-15-29)26(33)25-18-23(19-6-2-1-3-7-19)28-31(25)20-10-12-21(13-11-20)32(34)35/h1-13,18H,14-17H2. The minimum absolute atomic E-state index is 0.0404. The summed E-state index contributed by atoms with van der Waals surface area (Å²) in [6.07, 6.45) is 0. The zero-order valence-corrected chi connectivity index (χ0v) is 18.8. The monoisotopic (exact) mass is 471 g/mol. The summed E-state index contributed by atoms with van der Waals surface area (Å²) in [6, 6.07) is 23.8. The van der Waals surface area contributed by atoms with Crippen LogP contribution >= 0.6 is 0 Å². The van der Waals surface area contributed by atoms with Crippen LogP contribution in [-0.2, 0) is 0 Å². The van der Waals surface area contributed by atoms with E-state index < -0.39 is 4.92 Å². The van der Waals surface area contributed by atoms with Gasteiger partial charge in [-0.3, -0.25) is 14.9 Å². The van der Waals surface area contributed by atoms with E-state index >= 15 is 0 Å². The lowest BCUT2D eigenvalue weighted by molar-refractivity contribution is -0.384. The SMILES string of the molecule is O=C(c1cc(-c2ccccc2)nn1-c1ccc([N+](=O)[O-])cc1)N1CCN(c2ccccc2F)CC1. The molecule has 3 aromatic carbocycles. The highest BCUT2D eigenvalue weighted by Crippen LogP contribution is 2.25. The van der Waals surface area contributed by atoms with Gasteiger partial charge < -0.3 is 9.80 Å². The van der Waals surface area contributed by atoms with Crippen molar-refractivity contribution in [2.24, 2.45) is 0 Å². The lowest BCUT2D eigenvalue weighted by atomic mass is 10.1. The van der Waals surface area contributed by atoms with Gasteiger partial charge in [-0.05, 0) is 30.3 Å². The van der Waals surface area contributed by atoms with Crippen LogP contribution in [0.4, 0.5) is 15.8 Å². The molecule has 1 saturated heterocycles. The van der Waals surface area contributed by atoms with Crippen LogP contribution in [-0.4, -0.2) is 51.7 Å². The van der Waals surface area contributed by atoms with Gasteiger partial charge in [0.1, 0.15) is 11.5 Å². The zero-order valence-electron chi connectivity index (χ0n) is 18.8. The van der Waals surface area contributed by atoms with E-state index in [4.69, 9.17) is 0 Å². The number of amides is 1. The summed E-state index contributed by atoms with van der Waals surface area (Å²) in [5, 5.41) is 15.7. The molecule has 176 valence electrons. The summed E-state index contributed by atoms with van der Waals surface area (Å²) in [7, 11) is 0. The predicted molar refractivity (Wildman–Crippen MR) is 130 cm³/mol. The van der Waals surface area contributed by atoms with Crippen LogP contribution in [0.3, 0.4) is 0 Å². The third-order valence-electron chi connectivity index (χ3n) is 6.06. The van der Waals surface area contributed by atoms with E-state index in [2.05, 4.69) is 5.10 Å². The van der Waals surface area contributed by atoms with Gasteiger partial charge in [0, 0.05) is 43.9 Å². The molecule has 0 saturated carbocycles. The van der Waals surface area contributed by atoms with Crippen molar-refractivity contribution >= 4 is 17.3 Å². The summed E-state index contributed by atoms with van der Waals surface area (Å²) < 4.78 is 15.7. The first-order valence-corrected chi connectivity index (χ1v) is 11.2. The summed E-state index contributed by atoms with van der Waals surface area (Å²) in [4.78, 5) is 27.8. The van der Waals surface area contributed by atoms with Gasteiger partial charge in [0.15, 0.2) is 0 Å². The van der Waals surface area contributed by atoms with E-state index in [9.17, 15) is 19.3 Å². The van der Waals surface area contributed by atoms with Gasteiger partial charge in [0.05, 0.1) is 22.0 Å². The number of carbonyl (C=O) groups is 1.